The summed E-state index contributed by atoms with van der Waals surface area (Å²) in [5.74, 6) is -0.235. The van der Waals surface area contributed by atoms with Crippen molar-refractivity contribution in [1.29, 1.82) is 0 Å². The Labute approximate surface area is 128 Å². The number of nitrogens with zero attached hydrogens (tertiary/aromatic N) is 2. The largest absolute Gasteiger partial charge is 0.468 e. The Morgan fingerprint density at radius 1 is 1.33 bits per heavy atom. The minimum Gasteiger partial charge on any atom is -0.468 e. The Morgan fingerprint density at radius 2 is 1.90 bits per heavy atom. The van der Waals surface area contributed by atoms with Crippen LogP contribution in [0.4, 0.5) is 0 Å². The van der Waals surface area contributed by atoms with E-state index in [2.05, 4.69) is 31.2 Å². The number of methoxy groups -OCH3 is 1. The Bertz CT molecular complexity index is 508. The zero-order valence-electron chi connectivity index (χ0n) is 14.6. The van der Waals surface area contributed by atoms with E-state index in [-0.39, 0.29) is 18.1 Å². The smallest absolute Gasteiger partial charge is 0.325 e. The first kappa shape index (κ1) is 17.7. The second kappa shape index (κ2) is 6.60. The van der Waals surface area contributed by atoms with E-state index in [1.165, 1.54) is 12.7 Å². The zero-order valence-corrected chi connectivity index (χ0v) is 14.6. The molecule has 1 heterocycles. The van der Waals surface area contributed by atoms with Gasteiger partial charge in [0.15, 0.2) is 0 Å². The van der Waals surface area contributed by atoms with Crippen LogP contribution in [0.5, 0.6) is 0 Å². The highest BCUT2D eigenvalue weighted by Crippen LogP contribution is 2.25. The summed E-state index contributed by atoms with van der Waals surface area (Å²) in [6.07, 6.45) is 0.624. The summed E-state index contributed by atoms with van der Waals surface area (Å²) in [5.41, 5.74) is 2.67. The van der Waals surface area contributed by atoms with E-state index >= 15 is 0 Å². The molecule has 0 aliphatic rings. The van der Waals surface area contributed by atoms with Crippen molar-refractivity contribution < 1.29 is 9.53 Å². The van der Waals surface area contributed by atoms with E-state index in [0.717, 1.165) is 11.4 Å². The summed E-state index contributed by atoms with van der Waals surface area (Å²) < 4.78 is 6.99. The molecule has 1 aromatic rings. The molecular weight excluding hydrogens is 266 g/mol. The molecule has 0 saturated heterocycles. The summed E-state index contributed by atoms with van der Waals surface area (Å²) in [7, 11) is 1.43. The van der Waals surface area contributed by atoms with Crippen LogP contribution >= 0.6 is 0 Å². The number of nitrogens with one attached hydrogen (secondary N) is 1. The molecule has 1 rings (SSSR count). The van der Waals surface area contributed by atoms with Gasteiger partial charge in [-0.25, -0.2) is 0 Å². The monoisotopic (exact) mass is 295 g/mol. The van der Waals surface area contributed by atoms with Crippen molar-refractivity contribution in [3.63, 3.8) is 0 Å². The summed E-state index contributed by atoms with van der Waals surface area (Å²) in [6.45, 7) is 14.2. The first-order valence-electron chi connectivity index (χ1n) is 7.50. The second-order valence-corrected chi connectivity index (χ2v) is 6.42. The summed E-state index contributed by atoms with van der Waals surface area (Å²) in [6, 6.07) is 0.302. The van der Waals surface area contributed by atoms with Gasteiger partial charge in [-0.05, 0) is 60.5 Å². The minimum atomic E-state index is -0.720. The number of hydrogen-bond acceptors (Lipinski definition) is 4. The van der Waals surface area contributed by atoms with Gasteiger partial charge in [0.05, 0.1) is 18.8 Å². The van der Waals surface area contributed by atoms with Crippen LogP contribution in [0.3, 0.4) is 0 Å². The van der Waals surface area contributed by atoms with Gasteiger partial charge < -0.3 is 4.74 Å². The van der Waals surface area contributed by atoms with Crippen LogP contribution < -0.4 is 5.32 Å². The average molecular weight is 295 g/mol. The molecule has 0 saturated carbocycles. The highest BCUT2D eigenvalue weighted by atomic mass is 16.5. The Morgan fingerprint density at radius 3 is 2.29 bits per heavy atom. The SMILES string of the molecule is COC(=O)C(C)(CC(C)n1nc(C)c(C)c1C)NC(C)C. The lowest BCUT2D eigenvalue weighted by atomic mass is 9.92. The number of hydrogen-bond donors (Lipinski definition) is 1. The summed E-state index contributed by atoms with van der Waals surface area (Å²) >= 11 is 0. The third kappa shape index (κ3) is 3.84. The van der Waals surface area contributed by atoms with Gasteiger partial charge in [0.2, 0.25) is 0 Å². The average Bonchev–Trinajstić information content (AvgIpc) is 2.64. The fourth-order valence-electron chi connectivity index (χ4n) is 2.92. The molecule has 0 aliphatic carbocycles. The van der Waals surface area contributed by atoms with Crippen LogP contribution in [0.15, 0.2) is 0 Å². The van der Waals surface area contributed by atoms with E-state index in [0.29, 0.717) is 6.42 Å². The predicted molar refractivity (Wildman–Crippen MR) is 84.5 cm³/mol. The molecule has 0 bridgehead atoms. The fraction of sp³-hybridized carbons (Fsp3) is 0.750. The quantitative estimate of drug-likeness (QED) is 0.820. The number of carbonyl (C=O) groups excluding carboxylic acids is 1. The standard InChI is InChI=1S/C16H29N3O2/c1-10(2)17-16(7,15(20)21-8)9-11(3)19-14(6)12(4)13(5)18-19/h10-11,17H,9H2,1-8H3. The maximum absolute atomic E-state index is 12.2. The molecule has 0 aromatic carbocycles. The van der Waals surface area contributed by atoms with Crippen molar-refractivity contribution in [2.75, 3.05) is 7.11 Å². The summed E-state index contributed by atoms with van der Waals surface area (Å²) in [5, 5.41) is 7.93. The van der Waals surface area contributed by atoms with Crippen LogP contribution in [0, 0.1) is 20.8 Å². The van der Waals surface area contributed by atoms with Gasteiger partial charge in [-0.3, -0.25) is 14.8 Å². The van der Waals surface area contributed by atoms with Crippen molar-refractivity contribution in [1.82, 2.24) is 15.1 Å². The number of aromatic nitrogens is 2. The number of carbonyl (C=O) groups is 1. The van der Waals surface area contributed by atoms with Crippen molar-refractivity contribution in [2.24, 2.45) is 0 Å². The minimum absolute atomic E-state index is 0.104. The lowest BCUT2D eigenvalue weighted by Crippen LogP contribution is -2.54. The maximum Gasteiger partial charge on any atom is 0.325 e. The van der Waals surface area contributed by atoms with Crippen molar-refractivity contribution >= 4 is 5.97 Å². The highest BCUT2D eigenvalue weighted by molar-refractivity contribution is 5.80. The van der Waals surface area contributed by atoms with Gasteiger partial charge in [0.25, 0.3) is 0 Å². The van der Waals surface area contributed by atoms with Gasteiger partial charge >= 0.3 is 5.97 Å². The molecule has 0 aliphatic heterocycles. The highest BCUT2D eigenvalue weighted by Gasteiger charge is 2.37. The van der Waals surface area contributed by atoms with Crippen molar-refractivity contribution in [2.45, 2.75) is 72.5 Å². The number of rotatable bonds is 6. The van der Waals surface area contributed by atoms with Gasteiger partial charge in [-0.2, -0.15) is 5.10 Å². The number of esters is 1. The van der Waals surface area contributed by atoms with Crippen LogP contribution in [0.2, 0.25) is 0 Å². The Kier molecular flexibility index (Phi) is 5.56. The van der Waals surface area contributed by atoms with E-state index in [9.17, 15) is 4.79 Å². The molecule has 1 N–H and O–H groups in total. The molecule has 0 fully saturated rings. The first-order chi connectivity index (χ1) is 9.62. The van der Waals surface area contributed by atoms with Gasteiger partial charge in [0, 0.05) is 11.7 Å². The maximum atomic E-state index is 12.2. The number of aryl methyl sites for hydroxylation is 1. The Hall–Kier alpha value is -1.36. The molecule has 2 unspecified atom stereocenters. The van der Waals surface area contributed by atoms with Gasteiger partial charge in [-0.1, -0.05) is 0 Å². The predicted octanol–water partition coefficient (Wildman–Crippen LogP) is 2.69. The first-order valence-corrected chi connectivity index (χ1v) is 7.50. The van der Waals surface area contributed by atoms with Crippen LogP contribution in [-0.2, 0) is 9.53 Å². The number of ether oxygens (including phenoxy) is 1. The van der Waals surface area contributed by atoms with Crippen molar-refractivity contribution in [3.8, 4) is 0 Å². The molecule has 21 heavy (non-hydrogen) atoms. The molecule has 120 valence electrons. The Balaban J connectivity index is 3.02. The van der Waals surface area contributed by atoms with Crippen molar-refractivity contribution in [3.05, 3.63) is 17.0 Å². The van der Waals surface area contributed by atoms with Crippen LogP contribution in [0.25, 0.3) is 0 Å². The third-order valence-electron chi connectivity index (χ3n) is 4.05. The van der Waals surface area contributed by atoms with Crippen LogP contribution in [0.1, 0.15) is 57.1 Å². The van der Waals surface area contributed by atoms with Gasteiger partial charge in [-0.15, -0.1) is 0 Å². The van der Waals surface area contributed by atoms with E-state index in [1.54, 1.807) is 0 Å². The molecule has 0 radical (unpaired) electrons. The topological polar surface area (TPSA) is 56.2 Å². The lowest BCUT2D eigenvalue weighted by Gasteiger charge is -2.33. The third-order valence-corrected chi connectivity index (χ3v) is 4.05. The van der Waals surface area contributed by atoms with E-state index in [4.69, 9.17) is 4.74 Å². The molecule has 5 heteroatoms. The molecule has 0 amide bonds. The van der Waals surface area contributed by atoms with Crippen LogP contribution in [-0.4, -0.2) is 34.4 Å². The van der Waals surface area contributed by atoms with E-state index < -0.39 is 5.54 Å². The zero-order chi connectivity index (χ0) is 16.4. The normalized spacial score (nSPS) is 15.9. The lowest BCUT2D eigenvalue weighted by molar-refractivity contribution is -0.149. The second-order valence-electron chi connectivity index (χ2n) is 6.42. The van der Waals surface area contributed by atoms with Gasteiger partial charge in [0.1, 0.15) is 5.54 Å². The summed E-state index contributed by atoms with van der Waals surface area (Å²) in [4.78, 5) is 12.2. The fourth-order valence-corrected chi connectivity index (χ4v) is 2.92. The van der Waals surface area contributed by atoms with E-state index in [1.807, 2.05) is 32.4 Å². The molecule has 2 atom stereocenters. The molecule has 1 aromatic heterocycles. The molecular formula is C16H29N3O2. The molecule has 0 spiro atoms. The molecule has 5 nitrogen and oxygen atoms in total.